The minimum Gasteiger partial charge on any atom is -0.445 e. The van der Waals surface area contributed by atoms with Crippen molar-refractivity contribution in [3.05, 3.63) is 35.9 Å². The van der Waals surface area contributed by atoms with Crippen LogP contribution in [0.15, 0.2) is 30.3 Å². The molecule has 0 heterocycles. The average molecular weight is 492 g/mol. The predicted octanol–water partition coefficient (Wildman–Crippen LogP) is 8.21. The summed E-state index contributed by atoms with van der Waals surface area (Å²) in [4.78, 5) is 11.6. The van der Waals surface area contributed by atoms with E-state index in [9.17, 15) is 4.79 Å². The largest absolute Gasteiger partial charge is 0.445 e. The van der Waals surface area contributed by atoms with Crippen LogP contribution in [-0.4, -0.2) is 39.1 Å². The molecule has 0 aliphatic rings. The number of hydrogen-bond donors (Lipinski definition) is 1. The quantitative estimate of drug-likeness (QED) is 0.140. The van der Waals surface area contributed by atoms with Crippen molar-refractivity contribution in [1.29, 1.82) is 0 Å². The molecular formula is C30H53NO4. The standard InChI is InChI=1S/C30H53NO4/c1-2-3-4-5-6-7-8-9-10-11-12-13-14-15-16-20-24-33-26-27-34-25-23-31-30(32)35-28-29-21-18-17-19-22-29/h17-19,21-22H,2-16,20,23-28H2,1H3,(H,31,32). The van der Waals surface area contributed by atoms with Crippen molar-refractivity contribution in [2.45, 2.75) is 116 Å². The topological polar surface area (TPSA) is 56.8 Å². The van der Waals surface area contributed by atoms with E-state index in [4.69, 9.17) is 14.2 Å². The Morgan fingerprint density at radius 1 is 0.629 bits per heavy atom. The van der Waals surface area contributed by atoms with E-state index < -0.39 is 6.09 Å². The van der Waals surface area contributed by atoms with E-state index in [0.29, 0.717) is 26.4 Å². The van der Waals surface area contributed by atoms with E-state index >= 15 is 0 Å². The monoisotopic (exact) mass is 491 g/mol. The fourth-order valence-corrected chi connectivity index (χ4v) is 4.07. The number of alkyl carbamates (subject to hydrolysis) is 1. The summed E-state index contributed by atoms with van der Waals surface area (Å²) in [5.41, 5.74) is 0.973. The molecule has 1 aromatic rings. The molecule has 35 heavy (non-hydrogen) atoms. The van der Waals surface area contributed by atoms with Gasteiger partial charge in [0, 0.05) is 13.2 Å². The molecular weight excluding hydrogens is 438 g/mol. The Morgan fingerprint density at radius 3 is 1.66 bits per heavy atom. The van der Waals surface area contributed by atoms with Crippen LogP contribution in [-0.2, 0) is 20.8 Å². The van der Waals surface area contributed by atoms with E-state index in [0.717, 1.165) is 18.6 Å². The smallest absolute Gasteiger partial charge is 0.407 e. The lowest BCUT2D eigenvalue weighted by Crippen LogP contribution is -2.28. The van der Waals surface area contributed by atoms with Crippen molar-refractivity contribution in [1.82, 2.24) is 5.32 Å². The van der Waals surface area contributed by atoms with Gasteiger partial charge in [-0.15, -0.1) is 0 Å². The zero-order valence-electron chi connectivity index (χ0n) is 22.6. The molecule has 0 aliphatic carbocycles. The SMILES string of the molecule is CCCCCCCCCCCCCCCCCCOCCOCCNC(=O)OCc1ccccc1. The lowest BCUT2D eigenvalue weighted by atomic mass is 10.0. The molecule has 0 aliphatic heterocycles. The third kappa shape index (κ3) is 22.6. The van der Waals surface area contributed by atoms with Gasteiger partial charge < -0.3 is 19.5 Å². The highest BCUT2D eigenvalue weighted by Crippen LogP contribution is 2.13. The first-order valence-corrected chi connectivity index (χ1v) is 14.4. The molecule has 5 heteroatoms. The Morgan fingerprint density at radius 2 is 1.11 bits per heavy atom. The number of ether oxygens (including phenoxy) is 3. The van der Waals surface area contributed by atoms with E-state index in [1.54, 1.807) is 0 Å². The first kappa shape index (κ1) is 31.4. The number of rotatable bonds is 25. The summed E-state index contributed by atoms with van der Waals surface area (Å²) in [5.74, 6) is 0. The summed E-state index contributed by atoms with van der Waals surface area (Å²) < 4.78 is 16.3. The maximum absolute atomic E-state index is 11.6. The summed E-state index contributed by atoms with van der Waals surface area (Å²) in [6.45, 7) is 5.44. The van der Waals surface area contributed by atoms with E-state index in [-0.39, 0.29) is 6.61 Å². The first-order valence-electron chi connectivity index (χ1n) is 14.4. The van der Waals surface area contributed by atoms with Crippen LogP contribution in [0.2, 0.25) is 0 Å². The van der Waals surface area contributed by atoms with E-state index in [2.05, 4.69) is 12.2 Å². The van der Waals surface area contributed by atoms with Gasteiger partial charge in [-0.05, 0) is 12.0 Å². The molecule has 0 fully saturated rings. The Labute approximate surface area is 215 Å². The highest BCUT2D eigenvalue weighted by molar-refractivity contribution is 5.67. The number of nitrogens with one attached hydrogen (secondary N) is 1. The normalized spacial score (nSPS) is 11.0. The van der Waals surface area contributed by atoms with Gasteiger partial charge in [0.1, 0.15) is 6.61 Å². The zero-order valence-corrected chi connectivity index (χ0v) is 22.6. The molecule has 0 radical (unpaired) electrons. The molecule has 202 valence electrons. The number of hydrogen-bond acceptors (Lipinski definition) is 4. The van der Waals surface area contributed by atoms with Gasteiger partial charge in [0.15, 0.2) is 0 Å². The van der Waals surface area contributed by atoms with E-state index in [1.807, 2.05) is 30.3 Å². The van der Waals surface area contributed by atoms with Gasteiger partial charge in [0.2, 0.25) is 0 Å². The van der Waals surface area contributed by atoms with Crippen LogP contribution in [0.25, 0.3) is 0 Å². The van der Waals surface area contributed by atoms with Gasteiger partial charge in [0.25, 0.3) is 0 Å². The van der Waals surface area contributed by atoms with Crippen molar-refractivity contribution in [2.75, 3.05) is 33.0 Å². The molecule has 0 bridgehead atoms. The Balaban J connectivity index is 1.69. The summed E-state index contributed by atoms with van der Waals surface area (Å²) in [7, 11) is 0. The van der Waals surface area contributed by atoms with Crippen LogP contribution in [0.3, 0.4) is 0 Å². The van der Waals surface area contributed by atoms with Crippen LogP contribution in [0.5, 0.6) is 0 Å². The second-order valence-corrected chi connectivity index (χ2v) is 9.52. The van der Waals surface area contributed by atoms with E-state index in [1.165, 1.54) is 96.3 Å². The van der Waals surface area contributed by atoms with Crippen LogP contribution in [0.4, 0.5) is 4.79 Å². The van der Waals surface area contributed by atoms with Gasteiger partial charge in [0.05, 0.1) is 19.8 Å². The lowest BCUT2D eigenvalue weighted by molar-refractivity contribution is 0.0467. The molecule has 1 N–H and O–H groups in total. The molecule has 0 atom stereocenters. The number of unbranched alkanes of at least 4 members (excludes halogenated alkanes) is 15. The second kappa shape index (κ2) is 25.5. The summed E-state index contributed by atoms with van der Waals surface area (Å²) in [6, 6.07) is 9.64. The average Bonchev–Trinajstić information content (AvgIpc) is 2.88. The number of carbonyl (C=O) groups excluding carboxylic acids is 1. The van der Waals surface area contributed by atoms with Crippen molar-refractivity contribution in [3.63, 3.8) is 0 Å². The number of benzene rings is 1. The van der Waals surface area contributed by atoms with Gasteiger partial charge in [-0.25, -0.2) is 4.79 Å². The fourth-order valence-electron chi connectivity index (χ4n) is 4.07. The molecule has 5 nitrogen and oxygen atoms in total. The molecule has 0 unspecified atom stereocenters. The zero-order chi connectivity index (χ0) is 25.1. The Kier molecular flexibility index (Phi) is 22.9. The molecule has 0 aromatic heterocycles. The molecule has 0 spiro atoms. The summed E-state index contributed by atoms with van der Waals surface area (Å²) in [6.07, 6.45) is 21.7. The number of amides is 1. The van der Waals surface area contributed by atoms with Crippen LogP contribution in [0.1, 0.15) is 115 Å². The Bertz CT molecular complexity index is 567. The molecule has 1 aromatic carbocycles. The van der Waals surface area contributed by atoms with Gasteiger partial charge >= 0.3 is 6.09 Å². The number of carbonyl (C=O) groups is 1. The maximum atomic E-state index is 11.6. The summed E-state index contributed by atoms with van der Waals surface area (Å²) >= 11 is 0. The maximum Gasteiger partial charge on any atom is 0.407 e. The van der Waals surface area contributed by atoms with Crippen molar-refractivity contribution >= 4 is 6.09 Å². The van der Waals surface area contributed by atoms with Crippen molar-refractivity contribution in [3.8, 4) is 0 Å². The minimum absolute atomic E-state index is 0.278. The highest BCUT2D eigenvalue weighted by atomic mass is 16.5. The van der Waals surface area contributed by atoms with Crippen LogP contribution >= 0.6 is 0 Å². The van der Waals surface area contributed by atoms with Gasteiger partial charge in [-0.3, -0.25) is 0 Å². The Hall–Kier alpha value is -1.59. The predicted molar refractivity (Wildman–Crippen MR) is 146 cm³/mol. The molecule has 0 saturated carbocycles. The third-order valence-corrected chi connectivity index (χ3v) is 6.24. The van der Waals surface area contributed by atoms with Crippen LogP contribution in [0, 0.1) is 0 Å². The summed E-state index contributed by atoms with van der Waals surface area (Å²) in [5, 5.41) is 2.69. The third-order valence-electron chi connectivity index (χ3n) is 6.24. The molecule has 0 saturated heterocycles. The highest BCUT2D eigenvalue weighted by Gasteiger charge is 2.01. The second-order valence-electron chi connectivity index (χ2n) is 9.52. The minimum atomic E-state index is -0.419. The molecule has 1 amide bonds. The van der Waals surface area contributed by atoms with Crippen molar-refractivity contribution < 1.29 is 19.0 Å². The van der Waals surface area contributed by atoms with Gasteiger partial charge in [-0.1, -0.05) is 134 Å². The van der Waals surface area contributed by atoms with Crippen LogP contribution < -0.4 is 5.32 Å². The first-order chi connectivity index (χ1) is 17.3. The molecule has 1 rings (SSSR count). The van der Waals surface area contributed by atoms with Crippen molar-refractivity contribution in [2.24, 2.45) is 0 Å². The van der Waals surface area contributed by atoms with Gasteiger partial charge in [-0.2, -0.15) is 0 Å². The fraction of sp³-hybridized carbons (Fsp3) is 0.767. The lowest BCUT2D eigenvalue weighted by Gasteiger charge is -2.08.